The minimum absolute atomic E-state index is 0.167. The van der Waals surface area contributed by atoms with Gasteiger partial charge in [0.15, 0.2) is 11.6 Å². The van der Waals surface area contributed by atoms with Crippen molar-refractivity contribution in [1.82, 2.24) is 10.2 Å². The molecule has 0 atom stereocenters. The molecular weight excluding hydrogens is 306 g/mol. The van der Waals surface area contributed by atoms with Gasteiger partial charge in [0, 0.05) is 11.9 Å². The van der Waals surface area contributed by atoms with Crippen molar-refractivity contribution in [3.63, 3.8) is 0 Å². The van der Waals surface area contributed by atoms with Crippen molar-refractivity contribution in [2.45, 2.75) is 0 Å². The third-order valence-corrected chi connectivity index (χ3v) is 3.27. The summed E-state index contributed by atoms with van der Waals surface area (Å²) in [5, 5.41) is 19.1. The molecule has 0 spiro atoms. The van der Waals surface area contributed by atoms with E-state index in [2.05, 4.69) is 20.5 Å². The molecule has 5 N–H and O–H groups in total. The van der Waals surface area contributed by atoms with E-state index in [0.29, 0.717) is 5.82 Å². The molecule has 0 bridgehead atoms. The van der Waals surface area contributed by atoms with Gasteiger partial charge in [-0.2, -0.15) is 5.10 Å². The summed E-state index contributed by atoms with van der Waals surface area (Å²) < 4.78 is 0. The number of anilines is 2. The summed E-state index contributed by atoms with van der Waals surface area (Å²) in [6.07, 6.45) is 1.55. The Morgan fingerprint density at radius 1 is 1.17 bits per heavy atom. The second-order valence-corrected chi connectivity index (χ2v) is 5.00. The fourth-order valence-electron chi connectivity index (χ4n) is 2.11. The third kappa shape index (κ3) is 3.41. The van der Waals surface area contributed by atoms with Crippen LogP contribution in [0.2, 0.25) is 0 Å². The van der Waals surface area contributed by atoms with Gasteiger partial charge in [0.1, 0.15) is 11.3 Å². The number of phenols is 1. The Labute approximate surface area is 137 Å². The number of amides is 1. The fraction of sp³-hybridized carbons (Fsp3) is 0. The number of nitrogens with zero attached hydrogens (tertiary/aromatic N) is 2. The first-order chi connectivity index (χ1) is 11.6. The maximum Gasteiger partial charge on any atom is 0.256 e. The lowest BCUT2D eigenvalue weighted by molar-refractivity contribution is 0.100. The number of aromatic hydroxyl groups is 1. The largest absolute Gasteiger partial charge is 0.508 e. The number of hydrogen-bond donors (Lipinski definition) is 4. The van der Waals surface area contributed by atoms with E-state index in [9.17, 15) is 9.90 Å². The van der Waals surface area contributed by atoms with Crippen LogP contribution in [0.5, 0.6) is 5.75 Å². The highest BCUT2D eigenvalue weighted by atomic mass is 16.3. The van der Waals surface area contributed by atoms with Gasteiger partial charge in [-0.15, -0.1) is 0 Å². The molecule has 0 saturated carbocycles. The summed E-state index contributed by atoms with van der Waals surface area (Å²) >= 11 is 0. The molecule has 0 aliphatic carbocycles. The number of carbonyl (C=O) groups excluding carboxylic acids is 1. The first-order valence-electron chi connectivity index (χ1n) is 7.17. The second kappa shape index (κ2) is 6.66. The minimum atomic E-state index is -0.639. The van der Waals surface area contributed by atoms with Crippen molar-refractivity contribution in [3.8, 4) is 5.75 Å². The number of nitrogens with two attached hydrogens (primary N) is 1. The number of nitrogens with one attached hydrogen (secondary N) is 2. The van der Waals surface area contributed by atoms with E-state index in [1.165, 1.54) is 0 Å². The van der Waals surface area contributed by atoms with E-state index in [1.54, 1.807) is 30.5 Å². The lowest BCUT2D eigenvalue weighted by Crippen LogP contribution is -2.12. The Kier molecular flexibility index (Phi) is 4.24. The molecule has 0 radical (unpaired) electrons. The molecule has 0 aliphatic rings. The van der Waals surface area contributed by atoms with E-state index in [4.69, 9.17) is 5.73 Å². The average Bonchev–Trinajstić information content (AvgIpc) is 2.98. The topological polar surface area (TPSA) is 116 Å². The zero-order valence-corrected chi connectivity index (χ0v) is 12.6. The van der Waals surface area contributed by atoms with Crippen LogP contribution in [0.3, 0.4) is 0 Å². The highest BCUT2D eigenvalue weighted by Crippen LogP contribution is 2.26. The smallest absolute Gasteiger partial charge is 0.256 e. The number of rotatable bonds is 5. The quantitative estimate of drug-likeness (QED) is 0.540. The first-order valence-corrected chi connectivity index (χ1v) is 7.17. The zero-order valence-electron chi connectivity index (χ0n) is 12.6. The summed E-state index contributed by atoms with van der Waals surface area (Å²) in [4.78, 5) is 16.0. The molecule has 1 heterocycles. The van der Waals surface area contributed by atoms with Crippen LogP contribution in [0, 0.1) is 0 Å². The maximum absolute atomic E-state index is 11.8. The van der Waals surface area contributed by atoms with Crippen molar-refractivity contribution >= 4 is 29.4 Å². The fourth-order valence-corrected chi connectivity index (χ4v) is 2.11. The third-order valence-electron chi connectivity index (χ3n) is 3.27. The van der Waals surface area contributed by atoms with Gasteiger partial charge in [0.25, 0.3) is 5.91 Å². The van der Waals surface area contributed by atoms with Crippen molar-refractivity contribution in [3.05, 3.63) is 65.7 Å². The number of para-hydroxylation sites is 1. The molecule has 2 aromatic carbocycles. The van der Waals surface area contributed by atoms with Crippen molar-refractivity contribution in [2.75, 3.05) is 5.32 Å². The van der Waals surface area contributed by atoms with Gasteiger partial charge in [-0.05, 0) is 42.0 Å². The number of aliphatic imine (C=N–C) groups is 1. The molecule has 24 heavy (non-hydrogen) atoms. The number of aromatic nitrogens is 2. The molecule has 0 fully saturated rings. The monoisotopic (exact) mass is 321 g/mol. The molecule has 1 amide bonds. The molecule has 1 aromatic heterocycles. The van der Waals surface area contributed by atoms with Crippen LogP contribution in [0.15, 0.2) is 59.6 Å². The zero-order chi connectivity index (χ0) is 16.9. The Bertz CT molecular complexity index is 870. The number of H-pyrrole nitrogens is 1. The Morgan fingerprint density at radius 2 is 1.88 bits per heavy atom. The molecule has 0 saturated heterocycles. The summed E-state index contributed by atoms with van der Waals surface area (Å²) in [5.41, 5.74) is 7.17. The van der Waals surface area contributed by atoms with Crippen LogP contribution >= 0.6 is 0 Å². The minimum Gasteiger partial charge on any atom is -0.508 e. The van der Waals surface area contributed by atoms with Crippen molar-refractivity contribution < 1.29 is 9.90 Å². The Morgan fingerprint density at radius 3 is 2.54 bits per heavy atom. The van der Waals surface area contributed by atoms with Gasteiger partial charge in [-0.3, -0.25) is 9.89 Å². The predicted octanol–water partition coefficient (Wildman–Crippen LogP) is 2.71. The summed E-state index contributed by atoms with van der Waals surface area (Å²) in [6.45, 7) is 0. The first kappa shape index (κ1) is 15.3. The van der Waals surface area contributed by atoms with Gasteiger partial charge in [0.05, 0.1) is 0 Å². The standard InChI is InChI=1S/C17H15N5O2/c18-15(24)14-16(19-10-11-6-8-13(23)9-7-11)21-22-17(14)20-12-4-2-1-3-5-12/h1-10,23H,(H2,18,24)(H2,20,21,22)/b19-10+. The van der Waals surface area contributed by atoms with Crippen LogP contribution in [-0.2, 0) is 0 Å². The Balaban J connectivity index is 1.88. The molecule has 0 aliphatic heterocycles. The van der Waals surface area contributed by atoms with Crippen LogP contribution in [0.25, 0.3) is 0 Å². The molecule has 3 rings (SSSR count). The van der Waals surface area contributed by atoms with Crippen LogP contribution in [0.1, 0.15) is 15.9 Å². The summed E-state index contributed by atoms with van der Waals surface area (Å²) in [7, 11) is 0. The predicted molar refractivity (Wildman–Crippen MR) is 92.2 cm³/mol. The lowest BCUT2D eigenvalue weighted by Gasteiger charge is -2.03. The molecule has 0 unspecified atom stereocenters. The highest BCUT2D eigenvalue weighted by molar-refractivity contribution is 6.03. The molecule has 7 nitrogen and oxygen atoms in total. The summed E-state index contributed by atoms with van der Waals surface area (Å²) in [5.74, 6) is 0.0986. The van der Waals surface area contributed by atoms with Gasteiger partial charge < -0.3 is 16.2 Å². The van der Waals surface area contributed by atoms with E-state index < -0.39 is 5.91 Å². The number of primary amides is 1. The van der Waals surface area contributed by atoms with Gasteiger partial charge in [-0.1, -0.05) is 18.2 Å². The average molecular weight is 321 g/mol. The molecule has 7 heteroatoms. The number of phenolic OH excluding ortho intramolecular Hbond substituents is 1. The van der Waals surface area contributed by atoms with E-state index in [1.807, 2.05) is 30.3 Å². The van der Waals surface area contributed by atoms with Crippen molar-refractivity contribution in [1.29, 1.82) is 0 Å². The van der Waals surface area contributed by atoms with Gasteiger partial charge in [-0.25, -0.2) is 4.99 Å². The number of aromatic amines is 1. The van der Waals surface area contributed by atoms with Crippen molar-refractivity contribution in [2.24, 2.45) is 10.7 Å². The van der Waals surface area contributed by atoms with Crippen LogP contribution < -0.4 is 11.1 Å². The number of carbonyl (C=O) groups is 1. The molecule has 120 valence electrons. The highest BCUT2D eigenvalue weighted by Gasteiger charge is 2.18. The van der Waals surface area contributed by atoms with Gasteiger partial charge in [0.2, 0.25) is 0 Å². The number of benzene rings is 2. The maximum atomic E-state index is 11.8. The van der Waals surface area contributed by atoms with E-state index in [-0.39, 0.29) is 17.1 Å². The van der Waals surface area contributed by atoms with E-state index >= 15 is 0 Å². The molecular formula is C17H15N5O2. The second-order valence-electron chi connectivity index (χ2n) is 5.00. The Hall–Kier alpha value is -3.61. The normalized spacial score (nSPS) is 10.8. The lowest BCUT2D eigenvalue weighted by atomic mass is 10.2. The summed E-state index contributed by atoms with van der Waals surface area (Å²) in [6, 6.07) is 15.8. The SMILES string of the molecule is NC(=O)c1c(Nc2ccccc2)n[nH]c1/N=C/c1ccc(O)cc1. The van der Waals surface area contributed by atoms with Crippen LogP contribution in [0.4, 0.5) is 17.3 Å². The van der Waals surface area contributed by atoms with Crippen LogP contribution in [-0.4, -0.2) is 27.4 Å². The number of hydrogen-bond acceptors (Lipinski definition) is 5. The molecule has 3 aromatic rings. The van der Waals surface area contributed by atoms with Gasteiger partial charge >= 0.3 is 0 Å². The van der Waals surface area contributed by atoms with E-state index in [0.717, 1.165) is 11.3 Å².